The molecule has 0 saturated carbocycles. The number of hydrogen-bond donors (Lipinski definition) is 1. The van der Waals surface area contributed by atoms with E-state index < -0.39 is 0 Å². The second-order valence-corrected chi connectivity index (χ2v) is 5.48. The van der Waals surface area contributed by atoms with E-state index in [0.717, 1.165) is 23.3 Å². The molecule has 1 aromatic heterocycles. The van der Waals surface area contributed by atoms with Crippen molar-refractivity contribution < 1.29 is 0 Å². The quantitative estimate of drug-likeness (QED) is 0.920. The second-order valence-electron chi connectivity index (χ2n) is 4.57. The summed E-state index contributed by atoms with van der Waals surface area (Å²) in [6.45, 7) is 3.01. The predicted molar refractivity (Wildman–Crippen MR) is 77.4 cm³/mol. The fraction of sp³-hybridized carbons (Fsp3) is 0.357. The Balaban J connectivity index is 1.83. The normalized spacial score (nSPS) is 12.6. The fourth-order valence-corrected chi connectivity index (χ4v) is 2.14. The van der Waals surface area contributed by atoms with E-state index in [0.29, 0.717) is 6.04 Å². The number of rotatable bonds is 5. The van der Waals surface area contributed by atoms with Crippen LogP contribution in [-0.2, 0) is 20.0 Å². The maximum atomic E-state index is 4.30. The lowest BCUT2D eigenvalue weighted by Gasteiger charge is -2.13. The number of hydrogen-bond acceptors (Lipinski definition) is 2. The lowest BCUT2D eigenvalue weighted by Crippen LogP contribution is -2.28. The summed E-state index contributed by atoms with van der Waals surface area (Å²) in [5.74, 6) is 1.07. The van der Waals surface area contributed by atoms with Crippen LogP contribution in [0.5, 0.6) is 0 Å². The Morgan fingerprint density at radius 2 is 2.06 bits per heavy atom. The predicted octanol–water partition coefficient (Wildman–Crippen LogP) is 2.90. The Kier molecular flexibility index (Phi) is 4.55. The van der Waals surface area contributed by atoms with Crippen molar-refractivity contribution in [3.05, 3.63) is 52.5 Å². The lowest BCUT2D eigenvalue weighted by atomic mass is 10.1. The Bertz CT molecular complexity index is 490. The van der Waals surface area contributed by atoms with E-state index >= 15 is 0 Å². The Hall–Kier alpha value is -1.13. The molecule has 2 aromatic rings. The van der Waals surface area contributed by atoms with Crippen LogP contribution in [0, 0.1) is 0 Å². The van der Waals surface area contributed by atoms with Crippen molar-refractivity contribution in [2.75, 3.05) is 0 Å². The van der Waals surface area contributed by atoms with Gasteiger partial charge in [-0.15, -0.1) is 0 Å². The van der Waals surface area contributed by atoms with Crippen LogP contribution in [0.1, 0.15) is 18.3 Å². The van der Waals surface area contributed by atoms with Gasteiger partial charge in [0.25, 0.3) is 0 Å². The summed E-state index contributed by atoms with van der Waals surface area (Å²) in [6, 6.07) is 8.91. The molecule has 18 heavy (non-hydrogen) atoms. The van der Waals surface area contributed by atoms with Crippen LogP contribution >= 0.6 is 15.9 Å². The zero-order chi connectivity index (χ0) is 13.0. The van der Waals surface area contributed by atoms with Gasteiger partial charge >= 0.3 is 0 Å². The number of halogens is 1. The van der Waals surface area contributed by atoms with Gasteiger partial charge in [-0.2, -0.15) is 0 Å². The standard InChI is InChI=1S/C14H18BrN3/c1-11(9-12-3-5-13(15)6-4-12)17-10-14-16-7-8-18(14)2/h3-8,11,17H,9-10H2,1-2H3. The molecular formula is C14H18BrN3. The van der Waals surface area contributed by atoms with E-state index in [1.165, 1.54) is 5.56 Å². The molecule has 0 aliphatic rings. The first-order chi connectivity index (χ1) is 8.65. The van der Waals surface area contributed by atoms with E-state index in [1.807, 2.05) is 24.0 Å². The molecule has 2 rings (SSSR count). The third-order valence-corrected chi connectivity index (χ3v) is 3.51. The summed E-state index contributed by atoms with van der Waals surface area (Å²) in [6.07, 6.45) is 4.82. The molecule has 0 saturated heterocycles. The lowest BCUT2D eigenvalue weighted by molar-refractivity contribution is 0.525. The highest BCUT2D eigenvalue weighted by atomic mass is 79.9. The maximum absolute atomic E-state index is 4.30. The first-order valence-electron chi connectivity index (χ1n) is 6.09. The highest BCUT2D eigenvalue weighted by molar-refractivity contribution is 9.10. The van der Waals surface area contributed by atoms with Crippen LogP contribution in [0.4, 0.5) is 0 Å². The van der Waals surface area contributed by atoms with Crippen LogP contribution in [-0.4, -0.2) is 15.6 Å². The second kappa shape index (κ2) is 6.16. The van der Waals surface area contributed by atoms with Gasteiger partial charge in [-0.1, -0.05) is 28.1 Å². The Morgan fingerprint density at radius 1 is 1.33 bits per heavy atom. The minimum Gasteiger partial charge on any atom is -0.337 e. The smallest absolute Gasteiger partial charge is 0.122 e. The molecule has 1 heterocycles. The van der Waals surface area contributed by atoms with Crippen LogP contribution in [0.3, 0.4) is 0 Å². The maximum Gasteiger partial charge on any atom is 0.122 e. The molecule has 0 fully saturated rings. The molecule has 0 spiro atoms. The molecular weight excluding hydrogens is 290 g/mol. The molecule has 0 aliphatic carbocycles. The molecule has 96 valence electrons. The molecule has 1 unspecified atom stereocenters. The van der Waals surface area contributed by atoms with Crippen molar-refractivity contribution in [2.24, 2.45) is 7.05 Å². The average molecular weight is 308 g/mol. The van der Waals surface area contributed by atoms with Crippen molar-refractivity contribution in [2.45, 2.75) is 25.9 Å². The van der Waals surface area contributed by atoms with Crippen LogP contribution in [0.25, 0.3) is 0 Å². The summed E-state index contributed by atoms with van der Waals surface area (Å²) in [7, 11) is 2.02. The van der Waals surface area contributed by atoms with Gasteiger partial charge in [0.15, 0.2) is 0 Å². The summed E-state index contributed by atoms with van der Waals surface area (Å²) >= 11 is 3.45. The van der Waals surface area contributed by atoms with Gasteiger partial charge in [-0.3, -0.25) is 0 Å². The highest BCUT2D eigenvalue weighted by Gasteiger charge is 2.05. The Morgan fingerprint density at radius 3 is 2.67 bits per heavy atom. The molecule has 1 aromatic carbocycles. The van der Waals surface area contributed by atoms with E-state index in [9.17, 15) is 0 Å². The molecule has 0 aliphatic heterocycles. The summed E-state index contributed by atoms with van der Waals surface area (Å²) in [4.78, 5) is 4.30. The molecule has 4 heteroatoms. The number of benzene rings is 1. The van der Waals surface area contributed by atoms with Crippen molar-refractivity contribution >= 4 is 15.9 Å². The minimum atomic E-state index is 0.433. The van der Waals surface area contributed by atoms with E-state index in [-0.39, 0.29) is 0 Å². The van der Waals surface area contributed by atoms with Crippen molar-refractivity contribution in [3.8, 4) is 0 Å². The largest absolute Gasteiger partial charge is 0.337 e. The van der Waals surface area contributed by atoms with Crippen LogP contribution in [0.2, 0.25) is 0 Å². The number of nitrogens with one attached hydrogen (secondary N) is 1. The average Bonchev–Trinajstić information content (AvgIpc) is 2.75. The van der Waals surface area contributed by atoms with E-state index in [2.05, 4.69) is 57.4 Å². The number of aryl methyl sites for hydroxylation is 1. The number of imidazole rings is 1. The van der Waals surface area contributed by atoms with Crippen LogP contribution in [0.15, 0.2) is 41.1 Å². The first-order valence-corrected chi connectivity index (χ1v) is 6.88. The SMILES string of the molecule is CC(Cc1ccc(Br)cc1)NCc1nccn1C. The zero-order valence-corrected chi connectivity index (χ0v) is 12.3. The minimum absolute atomic E-state index is 0.433. The third-order valence-electron chi connectivity index (χ3n) is 2.98. The highest BCUT2D eigenvalue weighted by Crippen LogP contribution is 2.12. The van der Waals surface area contributed by atoms with Gasteiger partial charge in [0, 0.05) is 30.0 Å². The van der Waals surface area contributed by atoms with Gasteiger partial charge in [0.1, 0.15) is 5.82 Å². The van der Waals surface area contributed by atoms with Gasteiger partial charge in [0.05, 0.1) is 6.54 Å². The Labute approximate surface area is 116 Å². The van der Waals surface area contributed by atoms with Gasteiger partial charge in [-0.05, 0) is 31.0 Å². The fourth-order valence-electron chi connectivity index (χ4n) is 1.88. The van der Waals surface area contributed by atoms with Gasteiger partial charge in [0.2, 0.25) is 0 Å². The zero-order valence-electron chi connectivity index (χ0n) is 10.7. The molecule has 1 atom stereocenters. The molecule has 3 nitrogen and oxygen atoms in total. The summed E-state index contributed by atoms with van der Waals surface area (Å²) < 4.78 is 3.17. The monoisotopic (exact) mass is 307 g/mol. The van der Waals surface area contributed by atoms with Crippen molar-refractivity contribution in [3.63, 3.8) is 0 Å². The number of aromatic nitrogens is 2. The first kappa shape index (κ1) is 13.3. The third kappa shape index (κ3) is 3.68. The van der Waals surface area contributed by atoms with Gasteiger partial charge in [-0.25, -0.2) is 4.98 Å². The summed E-state index contributed by atoms with van der Waals surface area (Å²) in [5.41, 5.74) is 1.35. The van der Waals surface area contributed by atoms with Crippen LogP contribution < -0.4 is 5.32 Å². The van der Waals surface area contributed by atoms with Crippen molar-refractivity contribution in [1.29, 1.82) is 0 Å². The summed E-state index contributed by atoms with van der Waals surface area (Å²) in [5, 5.41) is 3.49. The molecule has 0 radical (unpaired) electrons. The molecule has 0 bridgehead atoms. The van der Waals surface area contributed by atoms with E-state index in [1.54, 1.807) is 0 Å². The van der Waals surface area contributed by atoms with Gasteiger partial charge < -0.3 is 9.88 Å². The van der Waals surface area contributed by atoms with E-state index in [4.69, 9.17) is 0 Å². The topological polar surface area (TPSA) is 29.9 Å². The van der Waals surface area contributed by atoms with Crippen molar-refractivity contribution in [1.82, 2.24) is 14.9 Å². The molecule has 1 N–H and O–H groups in total. The number of nitrogens with zero attached hydrogens (tertiary/aromatic N) is 2. The molecule has 0 amide bonds.